The van der Waals surface area contributed by atoms with E-state index in [1.54, 1.807) is 37.3 Å². The Morgan fingerprint density at radius 2 is 1.89 bits per heavy atom. The van der Waals surface area contributed by atoms with E-state index in [0.29, 0.717) is 11.3 Å². The third-order valence-corrected chi connectivity index (χ3v) is 2.63. The van der Waals surface area contributed by atoms with Gasteiger partial charge in [0.1, 0.15) is 5.69 Å². The van der Waals surface area contributed by atoms with Crippen molar-refractivity contribution in [2.24, 2.45) is 0 Å². The van der Waals surface area contributed by atoms with Crippen molar-refractivity contribution < 1.29 is 14.3 Å². The van der Waals surface area contributed by atoms with Gasteiger partial charge in [-0.1, -0.05) is 18.2 Å². The summed E-state index contributed by atoms with van der Waals surface area (Å²) in [6.07, 6.45) is 0. The molecule has 2 aromatic rings. The molecule has 0 radical (unpaired) electrons. The Labute approximate surface area is 110 Å². The standard InChI is InChI=1S/C14H14N2O3/c1-9-8-11(12(15-9)14(18)19-2)16-13(17)10-6-4-3-5-7-10/h3-8,15H,1-2H3,(H,16,17). The molecule has 5 heteroatoms. The Bertz CT molecular complexity index is 602. The Kier molecular flexibility index (Phi) is 3.66. The Hall–Kier alpha value is -2.56. The van der Waals surface area contributed by atoms with Crippen LogP contribution in [0.1, 0.15) is 26.5 Å². The predicted octanol–water partition coefficient (Wildman–Crippen LogP) is 2.36. The minimum atomic E-state index is -0.517. The fourth-order valence-electron chi connectivity index (χ4n) is 1.73. The van der Waals surface area contributed by atoms with Crippen molar-refractivity contribution in [3.63, 3.8) is 0 Å². The molecule has 1 heterocycles. The highest BCUT2D eigenvalue weighted by atomic mass is 16.5. The number of aromatic nitrogens is 1. The number of nitrogens with one attached hydrogen (secondary N) is 2. The van der Waals surface area contributed by atoms with Gasteiger partial charge in [-0.15, -0.1) is 0 Å². The molecule has 1 aromatic heterocycles. The maximum absolute atomic E-state index is 12.0. The minimum absolute atomic E-state index is 0.240. The van der Waals surface area contributed by atoms with Crippen LogP contribution in [0.25, 0.3) is 0 Å². The number of H-pyrrole nitrogens is 1. The molecule has 5 nitrogen and oxygen atoms in total. The van der Waals surface area contributed by atoms with Crippen molar-refractivity contribution >= 4 is 17.6 Å². The summed E-state index contributed by atoms with van der Waals surface area (Å²) in [4.78, 5) is 26.4. The number of aromatic amines is 1. The summed E-state index contributed by atoms with van der Waals surface area (Å²) in [5.41, 5.74) is 1.95. The molecule has 2 rings (SSSR count). The number of anilines is 1. The van der Waals surface area contributed by atoms with Crippen LogP contribution < -0.4 is 5.32 Å². The molecule has 0 aliphatic heterocycles. The van der Waals surface area contributed by atoms with Gasteiger partial charge in [0.2, 0.25) is 0 Å². The Morgan fingerprint density at radius 3 is 2.53 bits per heavy atom. The van der Waals surface area contributed by atoms with Crippen molar-refractivity contribution in [1.82, 2.24) is 4.98 Å². The molecule has 98 valence electrons. The van der Waals surface area contributed by atoms with Gasteiger partial charge in [-0.25, -0.2) is 4.79 Å². The summed E-state index contributed by atoms with van der Waals surface area (Å²) in [5, 5.41) is 2.69. The second-order valence-electron chi connectivity index (χ2n) is 4.05. The molecule has 2 N–H and O–H groups in total. The fraction of sp³-hybridized carbons (Fsp3) is 0.143. The zero-order valence-electron chi connectivity index (χ0n) is 10.7. The molecule has 0 unspecified atom stereocenters. The first-order valence-electron chi connectivity index (χ1n) is 5.76. The van der Waals surface area contributed by atoms with Crippen LogP contribution in [0.15, 0.2) is 36.4 Å². The smallest absolute Gasteiger partial charge is 0.356 e. The molecule has 0 saturated carbocycles. The lowest BCUT2D eigenvalue weighted by atomic mass is 10.2. The van der Waals surface area contributed by atoms with E-state index in [4.69, 9.17) is 0 Å². The largest absolute Gasteiger partial charge is 0.464 e. The monoisotopic (exact) mass is 258 g/mol. The van der Waals surface area contributed by atoms with Crippen LogP contribution in [0.2, 0.25) is 0 Å². The summed E-state index contributed by atoms with van der Waals surface area (Å²) in [6, 6.07) is 10.5. The normalized spacial score (nSPS) is 10.0. The summed E-state index contributed by atoms with van der Waals surface area (Å²) >= 11 is 0. The van der Waals surface area contributed by atoms with Crippen LogP contribution in [0.4, 0.5) is 5.69 Å². The lowest BCUT2D eigenvalue weighted by Crippen LogP contribution is -2.14. The first-order chi connectivity index (χ1) is 9.11. The minimum Gasteiger partial charge on any atom is -0.464 e. The van der Waals surface area contributed by atoms with Crippen molar-refractivity contribution in [1.29, 1.82) is 0 Å². The maximum Gasteiger partial charge on any atom is 0.356 e. The van der Waals surface area contributed by atoms with E-state index in [9.17, 15) is 9.59 Å². The van der Waals surface area contributed by atoms with Crippen LogP contribution in [0, 0.1) is 6.92 Å². The number of rotatable bonds is 3. The summed E-state index contributed by atoms with van der Waals surface area (Å²) in [5.74, 6) is -0.791. The van der Waals surface area contributed by atoms with Crippen LogP contribution in [0.5, 0.6) is 0 Å². The predicted molar refractivity (Wildman–Crippen MR) is 71.3 cm³/mol. The summed E-state index contributed by atoms with van der Waals surface area (Å²) in [7, 11) is 1.29. The van der Waals surface area contributed by atoms with E-state index in [1.807, 2.05) is 6.07 Å². The molecule has 1 amide bonds. The average molecular weight is 258 g/mol. The van der Waals surface area contributed by atoms with Crippen molar-refractivity contribution in [2.45, 2.75) is 6.92 Å². The second-order valence-corrected chi connectivity index (χ2v) is 4.05. The van der Waals surface area contributed by atoms with Gasteiger partial charge in [0.05, 0.1) is 12.8 Å². The van der Waals surface area contributed by atoms with Gasteiger partial charge in [-0.05, 0) is 25.1 Å². The third kappa shape index (κ3) is 2.82. The van der Waals surface area contributed by atoms with Gasteiger partial charge in [-0.2, -0.15) is 0 Å². The Morgan fingerprint density at radius 1 is 1.21 bits per heavy atom. The summed E-state index contributed by atoms with van der Waals surface area (Å²) < 4.78 is 4.66. The molecule has 0 aliphatic rings. The Balaban J connectivity index is 2.24. The van der Waals surface area contributed by atoms with Gasteiger partial charge < -0.3 is 15.0 Å². The lowest BCUT2D eigenvalue weighted by molar-refractivity contribution is 0.0596. The molecule has 0 bridgehead atoms. The number of hydrogen-bond donors (Lipinski definition) is 2. The fourth-order valence-corrected chi connectivity index (χ4v) is 1.73. The zero-order valence-corrected chi connectivity index (χ0v) is 10.7. The number of ether oxygens (including phenoxy) is 1. The van der Waals surface area contributed by atoms with Gasteiger partial charge >= 0.3 is 5.97 Å². The topological polar surface area (TPSA) is 71.2 Å². The molecular formula is C14H14N2O3. The van der Waals surface area contributed by atoms with Crippen molar-refractivity contribution in [3.05, 3.63) is 53.3 Å². The quantitative estimate of drug-likeness (QED) is 0.830. The maximum atomic E-state index is 12.0. The highest BCUT2D eigenvalue weighted by Crippen LogP contribution is 2.18. The van der Waals surface area contributed by atoms with E-state index in [-0.39, 0.29) is 11.6 Å². The van der Waals surface area contributed by atoms with Gasteiger partial charge in [-0.3, -0.25) is 4.79 Å². The first kappa shape index (κ1) is 12.9. The van der Waals surface area contributed by atoms with Gasteiger partial charge in [0.15, 0.2) is 0 Å². The molecule has 0 saturated heterocycles. The van der Waals surface area contributed by atoms with Crippen molar-refractivity contribution in [2.75, 3.05) is 12.4 Å². The lowest BCUT2D eigenvalue weighted by Gasteiger charge is -2.05. The number of methoxy groups -OCH3 is 1. The van der Waals surface area contributed by atoms with E-state index in [0.717, 1.165) is 5.69 Å². The van der Waals surface area contributed by atoms with Gasteiger partial charge in [0.25, 0.3) is 5.91 Å². The van der Waals surface area contributed by atoms with Crippen LogP contribution >= 0.6 is 0 Å². The zero-order chi connectivity index (χ0) is 13.8. The van der Waals surface area contributed by atoms with E-state index in [1.165, 1.54) is 7.11 Å². The van der Waals surface area contributed by atoms with E-state index >= 15 is 0 Å². The van der Waals surface area contributed by atoms with Crippen LogP contribution in [-0.2, 0) is 4.74 Å². The first-order valence-corrected chi connectivity index (χ1v) is 5.76. The third-order valence-electron chi connectivity index (χ3n) is 2.63. The molecule has 0 aliphatic carbocycles. The number of amides is 1. The number of aryl methyl sites for hydroxylation is 1. The number of hydrogen-bond acceptors (Lipinski definition) is 3. The summed E-state index contributed by atoms with van der Waals surface area (Å²) in [6.45, 7) is 1.80. The van der Waals surface area contributed by atoms with Crippen LogP contribution in [0.3, 0.4) is 0 Å². The van der Waals surface area contributed by atoms with Gasteiger partial charge in [0, 0.05) is 11.3 Å². The van der Waals surface area contributed by atoms with Crippen LogP contribution in [-0.4, -0.2) is 24.0 Å². The highest BCUT2D eigenvalue weighted by molar-refractivity contribution is 6.07. The van der Waals surface area contributed by atoms with E-state index < -0.39 is 5.97 Å². The number of benzene rings is 1. The molecule has 0 atom stereocenters. The van der Waals surface area contributed by atoms with Crippen molar-refractivity contribution in [3.8, 4) is 0 Å². The average Bonchev–Trinajstić information content (AvgIpc) is 2.79. The molecule has 0 spiro atoms. The SMILES string of the molecule is COC(=O)c1[nH]c(C)cc1NC(=O)c1ccccc1. The number of carbonyl (C=O) groups excluding carboxylic acids is 2. The number of esters is 1. The van der Waals surface area contributed by atoms with E-state index in [2.05, 4.69) is 15.0 Å². The highest BCUT2D eigenvalue weighted by Gasteiger charge is 2.17. The second kappa shape index (κ2) is 5.39. The molecular weight excluding hydrogens is 244 g/mol. The number of carbonyl (C=O) groups is 2. The molecule has 0 fully saturated rings. The molecule has 1 aromatic carbocycles. The molecule has 19 heavy (non-hydrogen) atoms.